The minimum atomic E-state index is -0.749. The van der Waals surface area contributed by atoms with Crippen LogP contribution in [0.5, 0.6) is 0 Å². The van der Waals surface area contributed by atoms with Crippen LogP contribution in [0.3, 0.4) is 0 Å². The Kier molecular flexibility index (Phi) is 10.7. The van der Waals surface area contributed by atoms with Crippen LogP contribution in [0.2, 0.25) is 0 Å². The molecule has 0 aromatic heterocycles. The molecule has 0 radical (unpaired) electrons. The van der Waals surface area contributed by atoms with Gasteiger partial charge in [-0.2, -0.15) is 5.26 Å². The summed E-state index contributed by atoms with van der Waals surface area (Å²) in [7, 11) is 0. The predicted molar refractivity (Wildman–Crippen MR) is 151 cm³/mol. The predicted octanol–water partition coefficient (Wildman–Crippen LogP) is 4.54. The van der Waals surface area contributed by atoms with Crippen molar-refractivity contribution >= 4 is 17.9 Å². The molecular formula is C31H40N4O5. The largest absolute Gasteiger partial charge is 0.444 e. The zero-order valence-corrected chi connectivity index (χ0v) is 24.1. The van der Waals surface area contributed by atoms with E-state index in [0.29, 0.717) is 38.2 Å². The van der Waals surface area contributed by atoms with Gasteiger partial charge in [0.1, 0.15) is 24.4 Å². The van der Waals surface area contributed by atoms with Gasteiger partial charge in [-0.05, 0) is 56.4 Å². The number of nitriles is 1. The van der Waals surface area contributed by atoms with Gasteiger partial charge in [-0.3, -0.25) is 9.59 Å². The molecule has 40 heavy (non-hydrogen) atoms. The molecule has 0 spiro atoms. The first kappa shape index (κ1) is 30.6. The fourth-order valence-electron chi connectivity index (χ4n) is 4.44. The molecule has 2 atom stereocenters. The van der Waals surface area contributed by atoms with Crippen molar-refractivity contribution in [1.29, 1.82) is 5.26 Å². The molecule has 214 valence electrons. The highest BCUT2D eigenvalue weighted by Crippen LogP contribution is 2.29. The first-order valence-corrected chi connectivity index (χ1v) is 13.7. The van der Waals surface area contributed by atoms with E-state index in [1.807, 2.05) is 83.2 Å². The summed E-state index contributed by atoms with van der Waals surface area (Å²) < 4.78 is 11.9. The molecule has 1 fully saturated rings. The topological polar surface area (TPSA) is 112 Å². The van der Waals surface area contributed by atoms with Gasteiger partial charge >= 0.3 is 6.09 Å². The molecule has 2 aromatic rings. The van der Waals surface area contributed by atoms with Crippen LogP contribution in [0.1, 0.15) is 68.6 Å². The smallest absolute Gasteiger partial charge is 0.410 e. The lowest BCUT2D eigenvalue weighted by Gasteiger charge is -2.35. The van der Waals surface area contributed by atoms with E-state index in [1.165, 1.54) is 0 Å². The Hall–Kier alpha value is -3.90. The number of amides is 3. The lowest BCUT2D eigenvalue weighted by molar-refractivity contribution is -0.136. The first-order chi connectivity index (χ1) is 19.0. The number of carbonyl (C=O) groups excluding carboxylic acids is 3. The van der Waals surface area contributed by atoms with E-state index >= 15 is 0 Å². The number of hydrogen-bond donors (Lipinski definition) is 1. The number of nitrogens with one attached hydrogen (secondary N) is 1. The summed E-state index contributed by atoms with van der Waals surface area (Å²) >= 11 is 0. The Bertz CT molecular complexity index is 1180. The molecule has 3 rings (SSSR count). The van der Waals surface area contributed by atoms with Crippen LogP contribution in [0.15, 0.2) is 54.6 Å². The summed E-state index contributed by atoms with van der Waals surface area (Å²) in [4.78, 5) is 41.8. The number of ether oxygens (including phenoxy) is 2. The Morgan fingerprint density at radius 2 is 1.50 bits per heavy atom. The van der Waals surface area contributed by atoms with Gasteiger partial charge in [0.15, 0.2) is 0 Å². The molecule has 0 aliphatic carbocycles. The summed E-state index contributed by atoms with van der Waals surface area (Å²) in [5, 5.41) is 11.5. The second-order valence-corrected chi connectivity index (χ2v) is 11.3. The molecule has 2 aromatic carbocycles. The third-order valence-electron chi connectivity index (χ3n) is 6.40. The molecule has 1 aliphatic heterocycles. The number of rotatable bonds is 9. The fraction of sp³-hybridized carbons (Fsp3) is 0.484. The Labute approximate surface area is 237 Å². The van der Waals surface area contributed by atoms with E-state index in [9.17, 15) is 14.4 Å². The second kappa shape index (κ2) is 13.9. The Morgan fingerprint density at radius 3 is 2.05 bits per heavy atom. The summed E-state index contributed by atoms with van der Waals surface area (Å²) in [5.74, 6) is -0.236. The minimum Gasteiger partial charge on any atom is -0.444 e. The Balaban J connectivity index is 1.74. The SMILES string of the molecule is CC(C)CC(OC(c1ccccc1)c1ccc(C(=O)N2CCN(C(=O)OC(C)(C)C)CC2)cc1)C(=O)NCC#N. The van der Waals surface area contributed by atoms with Crippen LogP contribution in [-0.4, -0.2) is 72.1 Å². The first-order valence-electron chi connectivity index (χ1n) is 13.7. The van der Waals surface area contributed by atoms with E-state index in [0.717, 1.165) is 11.1 Å². The molecule has 2 unspecified atom stereocenters. The molecule has 1 aliphatic rings. The van der Waals surface area contributed by atoms with Gasteiger partial charge in [-0.15, -0.1) is 0 Å². The molecule has 3 amide bonds. The number of benzene rings is 2. The van der Waals surface area contributed by atoms with Crippen LogP contribution in [0, 0.1) is 17.2 Å². The summed E-state index contributed by atoms with van der Waals surface area (Å²) in [6.45, 7) is 11.1. The highest BCUT2D eigenvalue weighted by Gasteiger charge is 2.29. The quantitative estimate of drug-likeness (QED) is 0.461. The van der Waals surface area contributed by atoms with Gasteiger partial charge < -0.3 is 24.6 Å². The van der Waals surface area contributed by atoms with Gasteiger partial charge in [0, 0.05) is 31.7 Å². The van der Waals surface area contributed by atoms with Crippen molar-refractivity contribution in [3.63, 3.8) is 0 Å². The van der Waals surface area contributed by atoms with Gasteiger partial charge in [0.05, 0.1) is 6.07 Å². The van der Waals surface area contributed by atoms with Crippen molar-refractivity contribution in [3.8, 4) is 6.07 Å². The summed E-state index contributed by atoms with van der Waals surface area (Å²) in [5.41, 5.74) is 1.65. The number of nitrogens with zero attached hydrogens (tertiary/aromatic N) is 3. The zero-order chi connectivity index (χ0) is 29.3. The average molecular weight is 549 g/mol. The third-order valence-corrected chi connectivity index (χ3v) is 6.40. The van der Waals surface area contributed by atoms with Crippen LogP contribution in [-0.2, 0) is 14.3 Å². The van der Waals surface area contributed by atoms with Crippen LogP contribution in [0.25, 0.3) is 0 Å². The fourth-order valence-corrected chi connectivity index (χ4v) is 4.44. The van der Waals surface area contributed by atoms with Gasteiger partial charge in [-0.25, -0.2) is 4.79 Å². The molecule has 0 bridgehead atoms. The molecule has 0 saturated carbocycles. The molecule has 1 heterocycles. The van der Waals surface area contributed by atoms with Gasteiger partial charge in [0.25, 0.3) is 5.91 Å². The van der Waals surface area contributed by atoms with E-state index in [2.05, 4.69) is 5.32 Å². The van der Waals surface area contributed by atoms with Crippen molar-refractivity contribution < 1.29 is 23.9 Å². The maximum Gasteiger partial charge on any atom is 0.410 e. The van der Waals surface area contributed by atoms with Crippen molar-refractivity contribution in [2.24, 2.45) is 5.92 Å². The standard InChI is InChI=1S/C31H40N4O5/c1-22(2)21-26(28(36)33-16-15-32)39-27(23-9-7-6-8-10-23)24-11-13-25(14-12-24)29(37)34-17-19-35(20-18-34)30(38)40-31(3,4)5/h6-14,22,26-27H,16-21H2,1-5H3,(H,33,36). The van der Waals surface area contributed by atoms with Crippen LogP contribution >= 0.6 is 0 Å². The molecule has 1 saturated heterocycles. The van der Waals surface area contributed by atoms with E-state index in [4.69, 9.17) is 14.7 Å². The van der Waals surface area contributed by atoms with Crippen LogP contribution in [0.4, 0.5) is 4.79 Å². The van der Waals surface area contributed by atoms with E-state index in [1.54, 1.807) is 21.9 Å². The highest BCUT2D eigenvalue weighted by atomic mass is 16.6. The van der Waals surface area contributed by atoms with Crippen molar-refractivity contribution in [2.75, 3.05) is 32.7 Å². The number of carbonyl (C=O) groups is 3. The normalized spacial score (nSPS) is 15.2. The van der Waals surface area contributed by atoms with Gasteiger partial charge in [-0.1, -0.05) is 56.3 Å². The lowest BCUT2D eigenvalue weighted by atomic mass is 9.98. The van der Waals surface area contributed by atoms with Crippen molar-refractivity contribution in [2.45, 2.75) is 58.8 Å². The van der Waals surface area contributed by atoms with Crippen molar-refractivity contribution in [3.05, 3.63) is 71.3 Å². The maximum atomic E-state index is 13.2. The van der Waals surface area contributed by atoms with E-state index in [-0.39, 0.29) is 30.4 Å². The van der Waals surface area contributed by atoms with Crippen LogP contribution < -0.4 is 5.32 Å². The second-order valence-electron chi connectivity index (χ2n) is 11.3. The van der Waals surface area contributed by atoms with E-state index < -0.39 is 17.8 Å². The summed E-state index contributed by atoms with van der Waals surface area (Å²) in [6.07, 6.45) is -1.17. The van der Waals surface area contributed by atoms with Gasteiger partial charge in [0.2, 0.25) is 5.91 Å². The Morgan fingerprint density at radius 1 is 0.925 bits per heavy atom. The highest BCUT2D eigenvalue weighted by molar-refractivity contribution is 5.94. The average Bonchev–Trinajstić information content (AvgIpc) is 2.93. The number of hydrogen-bond acceptors (Lipinski definition) is 6. The minimum absolute atomic E-state index is 0.0877. The molecular weight excluding hydrogens is 508 g/mol. The zero-order valence-electron chi connectivity index (χ0n) is 24.1. The lowest BCUT2D eigenvalue weighted by Crippen LogP contribution is -2.51. The third kappa shape index (κ3) is 8.82. The molecule has 9 nitrogen and oxygen atoms in total. The number of piperazine rings is 1. The van der Waals surface area contributed by atoms with Crippen molar-refractivity contribution in [1.82, 2.24) is 15.1 Å². The monoisotopic (exact) mass is 548 g/mol. The molecule has 1 N–H and O–H groups in total. The maximum absolute atomic E-state index is 13.2. The summed E-state index contributed by atoms with van der Waals surface area (Å²) in [6, 6.07) is 18.8. The molecule has 9 heteroatoms.